The van der Waals surface area contributed by atoms with Gasteiger partial charge in [0.05, 0.1) is 10.6 Å². The molecule has 0 spiro atoms. The molecule has 102 valence electrons. The molecule has 3 N–H and O–H groups in total. The normalized spacial score (nSPS) is 13.5. The first-order chi connectivity index (χ1) is 8.53. The first kappa shape index (κ1) is 15.1. The first-order valence-corrected chi connectivity index (χ1v) is 7.81. The van der Waals surface area contributed by atoms with Gasteiger partial charge < -0.3 is 10.8 Å². The second-order valence-corrected chi connectivity index (χ2v) is 6.56. The molecule has 1 unspecified atom stereocenters. The predicted octanol–water partition coefficient (Wildman–Crippen LogP) is 0.980. The quantitative estimate of drug-likeness (QED) is 0.774. The van der Waals surface area contributed by atoms with Gasteiger partial charge in [-0.05, 0) is 43.0 Å². The molecule has 0 aliphatic carbocycles. The molecule has 4 nitrogen and oxygen atoms in total. The van der Waals surface area contributed by atoms with Crippen LogP contribution in [-0.2, 0) is 16.3 Å². The Balaban J connectivity index is 2.80. The van der Waals surface area contributed by atoms with Gasteiger partial charge in [-0.15, -0.1) is 0 Å². The van der Waals surface area contributed by atoms with Crippen LogP contribution in [0, 0.1) is 5.92 Å². The minimum Gasteiger partial charge on any atom is -0.396 e. The molecule has 0 heterocycles. The number of aliphatic hydroxyl groups excluding tert-OH is 1. The van der Waals surface area contributed by atoms with E-state index in [0.29, 0.717) is 24.3 Å². The highest BCUT2D eigenvalue weighted by Crippen LogP contribution is 2.15. The summed E-state index contributed by atoms with van der Waals surface area (Å²) in [4.78, 5) is 0.362. The molecule has 5 heteroatoms. The third-order valence-electron chi connectivity index (χ3n) is 2.87. The van der Waals surface area contributed by atoms with Crippen LogP contribution in [0.1, 0.15) is 18.9 Å². The second-order valence-electron chi connectivity index (χ2n) is 4.45. The number of hydrogen-bond acceptors (Lipinski definition) is 4. The molecule has 1 rings (SSSR count). The lowest BCUT2D eigenvalue weighted by atomic mass is 10.0. The highest BCUT2D eigenvalue weighted by atomic mass is 32.2. The van der Waals surface area contributed by atoms with Crippen molar-refractivity contribution in [2.24, 2.45) is 11.7 Å². The highest BCUT2D eigenvalue weighted by molar-refractivity contribution is 7.91. The van der Waals surface area contributed by atoms with Crippen LogP contribution in [0.3, 0.4) is 0 Å². The van der Waals surface area contributed by atoms with Crippen molar-refractivity contribution in [3.63, 3.8) is 0 Å². The smallest absolute Gasteiger partial charge is 0.178 e. The van der Waals surface area contributed by atoms with E-state index in [1.807, 2.05) is 6.92 Å². The summed E-state index contributed by atoms with van der Waals surface area (Å²) in [6.45, 7) is 2.32. The molecule has 0 aliphatic rings. The summed E-state index contributed by atoms with van der Waals surface area (Å²) in [6, 6.07) is 6.85. The van der Waals surface area contributed by atoms with Gasteiger partial charge in [0.15, 0.2) is 9.84 Å². The fraction of sp³-hybridized carbons (Fsp3) is 0.538. The molecule has 0 aliphatic heterocycles. The third-order valence-corrected chi connectivity index (χ3v) is 4.81. The van der Waals surface area contributed by atoms with Crippen LogP contribution < -0.4 is 5.73 Å². The van der Waals surface area contributed by atoms with Crippen molar-refractivity contribution in [2.75, 3.05) is 18.9 Å². The third kappa shape index (κ3) is 4.08. The average molecular weight is 271 g/mol. The maximum Gasteiger partial charge on any atom is 0.178 e. The molecule has 1 aromatic rings. The molecular formula is C13H21NO3S. The molecule has 0 aromatic heterocycles. The maximum absolute atomic E-state index is 11.8. The molecule has 18 heavy (non-hydrogen) atoms. The number of aliphatic hydroxyl groups is 1. The molecule has 1 aromatic carbocycles. The van der Waals surface area contributed by atoms with E-state index in [2.05, 4.69) is 0 Å². The Morgan fingerprint density at radius 2 is 1.89 bits per heavy atom. The largest absolute Gasteiger partial charge is 0.396 e. The van der Waals surface area contributed by atoms with Gasteiger partial charge in [-0.2, -0.15) is 0 Å². The van der Waals surface area contributed by atoms with E-state index in [4.69, 9.17) is 10.8 Å². The zero-order chi connectivity index (χ0) is 13.6. The summed E-state index contributed by atoms with van der Waals surface area (Å²) in [5, 5.41) is 9.07. The van der Waals surface area contributed by atoms with Crippen molar-refractivity contribution in [3.05, 3.63) is 29.8 Å². The summed E-state index contributed by atoms with van der Waals surface area (Å²) < 4.78 is 23.6. The number of nitrogens with two attached hydrogens (primary N) is 1. The van der Waals surface area contributed by atoms with Crippen LogP contribution in [0.5, 0.6) is 0 Å². The van der Waals surface area contributed by atoms with Crippen LogP contribution in [0.2, 0.25) is 0 Å². The van der Waals surface area contributed by atoms with Gasteiger partial charge in [-0.3, -0.25) is 0 Å². The molecule has 0 saturated heterocycles. The van der Waals surface area contributed by atoms with Gasteiger partial charge in [-0.25, -0.2) is 8.42 Å². The van der Waals surface area contributed by atoms with Gasteiger partial charge >= 0.3 is 0 Å². The Bertz CT molecular complexity index is 450. The molecule has 0 bridgehead atoms. The lowest BCUT2D eigenvalue weighted by molar-refractivity contribution is 0.230. The maximum atomic E-state index is 11.8. The topological polar surface area (TPSA) is 80.4 Å². The predicted molar refractivity (Wildman–Crippen MR) is 72.1 cm³/mol. The molecule has 0 fully saturated rings. The van der Waals surface area contributed by atoms with E-state index in [9.17, 15) is 8.42 Å². The van der Waals surface area contributed by atoms with Crippen LogP contribution in [-0.4, -0.2) is 32.4 Å². The van der Waals surface area contributed by atoms with Gasteiger partial charge in [0.25, 0.3) is 0 Å². The summed E-state index contributed by atoms with van der Waals surface area (Å²) in [5.74, 6) is 0.206. The summed E-state index contributed by atoms with van der Waals surface area (Å²) in [7, 11) is -3.14. The van der Waals surface area contributed by atoms with E-state index in [1.165, 1.54) is 0 Å². The number of sulfone groups is 1. The van der Waals surface area contributed by atoms with Crippen molar-refractivity contribution in [1.82, 2.24) is 0 Å². The fourth-order valence-electron chi connectivity index (χ4n) is 1.78. The molecule has 0 radical (unpaired) electrons. The van der Waals surface area contributed by atoms with E-state index in [1.54, 1.807) is 24.3 Å². The standard InChI is InChI=1S/C13H21NO3S/c1-2-7-18(16,17)13-5-3-11(4-6-13)8-12(9-14)10-15/h3-6,12,15H,2,7-10,14H2,1H3. The lowest BCUT2D eigenvalue weighted by Crippen LogP contribution is -2.20. The zero-order valence-electron chi connectivity index (χ0n) is 10.7. The van der Waals surface area contributed by atoms with Crippen molar-refractivity contribution in [2.45, 2.75) is 24.7 Å². The van der Waals surface area contributed by atoms with Crippen molar-refractivity contribution < 1.29 is 13.5 Å². The minimum absolute atomic E-state index is 0.0306. The minimum atomic E-state index is -3.14. The summed E-state index contributed by atoms with van der Waals surface area (Å²) in [5.41, 5.74) is 6.51. The Hall–Kier alpha value is -0.910. The molecule has 0 saturated carbocycles. The van der Waals surface area contributed by atoms with Crippen LogP contribution in [0.4, 0.5) is 0 Å². The monoisotopic (exact) mass is 271 g/mol. The van der Waals surface area contributed by atoms with Gasteiger partial charge in [0.1, 0.15) is 0 Å². The van der Waals surface area contributed by atoms with Crippen LogP contribution >= 0.6 is 0 Å². The Morgan fingerprint density at radius 3 is 2.33 bits per heavy atom. The van der Waals surface area contributed by atoms with Gasteiger partial charge in [0, 0.05) is 6.61 Å². The van der Waals surface area contributed by atoms with Gasteiger partial charge in [-0.1, -0.05) is 19.1 Å². The van der Waals surface area contributed by atoms with Crippen molar-refractivity contribution in [1.29, 1.82) is 0 Å². The van der Waals surface area contributed by atoms with Crippen molar-refractivity contribution in [3.8, 4) is 0 Å². The number of hydrogen-bond donors (Lipinski definition) is 2. The van der Waals surface area contributed by atoms with Gasteiger partial charge in [0.2, 0.25) is 0 Å². The average Bonchev–Trinajstić information content (AvgIpc) is 2.36. The van der Waals surface area contributed by atoms with E-state index < -0.39 is 9.84 Å². The summed E-state index contributed by atoms with van der Waals surface area (Å²) in [6.07, 6.45) is 1.28. The zero-order valence-corrected chi connectivity index (χ0v) is 11.5. The number of benzene rings is 1. The SMILES string of the molecule is CCCS(=O)(=O)c1ccc(CC(CN)CO)cc1. The Kier molecular flexibility index (Phi) is 5.78. The van der Waals surface area contributed by atoms with E-state index in [-0.39, 0.29) is 18.3 Å². The number of rotatable bonds is 7. The molecular weight excluding hydrogens is 250 g/mol. The Morgan fingerprint density at radius 1 is 1.28 bits per heavy atom. The second kappa shape index (κ2) is 6.87. The van der Waals surface area contributed by atoms with E-state index >= 15 is 0 Å². The molecule has 0 amide bonds. The highest BCUT2D eigenvalue weighted by Gasteiger charge is 2.13. The fourth-order valence-corrected chi connectivity index (χ4v) is 3.10. The Labute approximate surface area is 109 Å². The van der Waals surface area contributed by atoms with Crippen molar-refractivity contribution >= 4 is 9.84 Å². The van der Waals surface area contributed by atoms with E-state index in [0.717, 1.165) is 5.56 Å². The lowest BCUT2D eigenvalue weighted by Gasteiger charge is -2.11. The van der Waals surface area contributed by atoms with Crippen LogP contribution in [0.25, 0.3) is 0 Å². The summed E-state index contributed by atoms with van der Waals surface area (Å²) >= 11 is 0. The van der Waals surface area contributed by atoms with Crippen LogP contribution in [0.15, 0.2) is 29.2 Å². The first-order valence-electron chi connectivity index (χ1n) is 6.16. The molecule has 1 atom stereocenters.